The molecule has 2 aliphatic heterocycles. The smallest absolute Gasteiger partial charge is 0.269 e. The van der Waals surface area contributed by atoms with Crippen LogP contribution < -0.4 is 10.6 Å². The molecule has 1 aromatic heterocycles. The largest absolute Gasteiger partial charge is 0.351 e. The average molecular weight is 206 g/mol. The van der Waals surface area contributed by atoms with Crippen LogP contribution in [0.1, 0.15) is 28.2 Å². The van der Waals surface area contributed by atoms with Gasteiger partial charge in [-0.2, -0.15) is 5.10 Å². The van der Waals surface area contributed by atoms with Gasteiger partial charge in [-0.1, -0.05) is 0 Å². The summed E-state index contributed by atoms with van der Waals surface area (Å²) in [6, 6.07) is 0. The Morgan fingerprint density at radius 1 is 1.33 bits per heavy atom. The lowest BCUT2D eigenvalue weighted by Gasteiger charge is -2.12. The van der Waals surface area contributed by atoms with Crippen molar-refractivity contribution < 1.29 is 4.79 Å². The molecular formula is C10H14N4O. The fourth-order valence-corrected chi connectivity index (χ4v) is 2.29. The van der Waals surface area contributed by atoms with Crippen molar-refractivity contribution in [3.05, 3.63) is 17.0 Å². The normalized spacial score (nSPS) is 20.1. The van der Waals surface area contributed by atoms with E-state index in [2.05, 4.69) is 15.7 Å². The molecule has 3 heterocycles. The van der Waals surface area contributed by atoms with Crippen LogP contribution in [-0.2, 0) is 19.5 Å². The summed E-state index contributed by atoms with van der Waals surface area (Å²) < 4.78 is 1.88. The maximum atomic E-state index is 11.8. The van der Waals surface area contributed by atoms with Crippen LogP contribution in [-0.4, -0.2) is 28.8 Å². The predicted molar refractivity (Wildman–Crippen MR) is 54.6 cm³/mol. The third-order valence-electron chi connectivity index (χ3n) is 3.02. The third-order valence-corrected chi connectivity index (χ3v) is 3.02. The zero-order valence-corrected chi connectivity index (χ0v) is 8.55. The fourth-order valence-electron chi connectivity index (χ4n) is 2.29. The van der Waals surface area contributed by atoms with Crippen molar-refractivity contribution in [3.8, 4) is 0 Å². The van der Waals surface area contributed by atoms with E-state index in [9.17, 15) is 4.79 Å². The monoisotopic (exact) mass is 206 g/mol. The summed E-state index contributed by atoms with van der Waals surface area (Å²) in [5.41, 5.74) is 2.97. The summed E-state index contributed by atoms with van der Waals surface area (Å²) >= 11 is 0. The van der Waals surface area contributed by atoms with Crippen molar-refractivity contribution in [2.75, 3.05) is 13.1 Å². The molecule has 1 amide bonds. The van der Waals surface area contributed by atoms with Gasteiger partial charge in [0.15, 0.2) is 0 Å². The molecule has 0 aliphatic carbocycles. The standard InChI is InChI=1S/C10H14N4O/c15-10-9-7-6-11-4-2-8(7)13-14(9)5-1-3-12-10/h11H,1-6H2,(H,12,15). The van der Waals surface area contributed by atoms with Gasteiger partial charge < -0.3 is 10.6 Å². The van der Waals surface area contributed by atoms with Crippen molar-refractivity contribution in [1.82, 2.24) is 20.4 Å². The number of nitrogens with one attached hydrogen (secondary N) is 2. The second-order valence-electron chi connectivity index (χ2n) is 4.03. The van der Waals surface area contributed by atoms with Crippen LogP contribution in [0.5, 0.6) is 0 Å². The molecule has 0 radical (unpaired) electrons. The fraction of sp³-hybridized carbons (Fsp3) is 0.600. The number of amides is 1. The molecule has 5 heteroatoms. The van der Waals surface area contributed by atoms with E-state index in [0.29, 0.717) is 0 Å². The van der Waals surface area contributed by atoms with Gasteiger partial charge in [-0.25, -0.2) is 0 Å². The quantitative estimate of drug-likeness (QED) is 0.610. The second-order valence-corrected chi connectivity index (χ2v) is 4.03. The van der Waals surface area contributed by atoms with Gasteiger partial charge in [0.2, 0.25) is 0 Å². The van der Waals surface area contributed by atoms with E-state index < -0.39 is 0 Å². The summed E-state index contributed by atoms with van der Waals surface area (Å²) in [5.74, 6) is 0.0324. The first-order chi connectivity index (χ1) is 7.36. The van der Waals surface area contributed by atoms with E-state index >= 15 is 0 Å². The Balaban J connectivity index is 2.12. The van der Waals surface area contributed by atoms with Gasteiger partial charge in [0.25, 0.3) is 5.91 Å². The Kier molecular flexibility index (Phi) is 1.98. The lowest BCUT2D eigenvalue weighted by Crippen LogP contribution is -2.28. The van der Waals surface area contributed by atoms with Gasteiger partial charge in [-0.15, -0.1) is 0 Å². The first-order valence-electron chi connectivity index (χ1n) is 5.44. The minimum Gasteiger partial charge on any atom is -0.351 e. The Hall–Kier alpha value is -1.36. The molecule has 0 spiro atoms. The van der Waals surface area contributed by atoms with E-state index in [0.717, 1.165) is 56.0 Å². The number of fused-ring (bicyclic) bond motifs is 3. The van der Waals surface area contributed by atoms with Gasteiger partial charge in [-0.3, -0.25) is 9.48 Å². The van der Waals surface area contributed by atoms with Gasteiger partial charge in [0, 0.05) is 38.2 Å². The van der Waals surface area contributed by atoms with E-state index in [1.54, 1.807) is 0 Å². The maximum Gasteiger partial charge on any atom is 0.269 e. The maximum absolute atomic E-state index is 11.8. The lowest BCUT2D eigenvalue weighted by atomic mass is 10.1. The van der Waals surface area contributed by atoms with Crippen LogP contribution in [0.3, 0.4) is 0 Å². The minimum absolute atomic E-state index is 0.0324. The van der Waals surface area contributed by atoms with Gasteiger partial charge in [0.1, 0.15) is 5.69 Å². The molecule has 0 atom stereocenters. The number of aryl methyl sites for hydroxylation is 1. The molecule has 3 rings (SSSR count). The van der Waals surface area contributed by atoms with Gasteiger partial charge in [-0.05, 0) is 6.42 Å². The Labute approximate surface area is 87.8 Å². The summed E-state index contributed by atoms with van der Waals surface area (Å²) in [6.07, 6.45) is 1.90. The molecule has 15 heavy (non-hydrogen) atoms. The van der Waals surface area contributed by atoms with Crippen LogP contribution in [0.25, 0.3) is 0 Å². The molecule has 0 unspecified atom stereocenters. The van der Waals surface area contributed by atoms with Crippen LogP contribution in [0.2, 0.25) is 0 Å². The molecular weight excluding hydrogens is 192 g/mol. The molecule has 5 nitrogen and oxygen atoms in total. The number of carbonyl (C=O) groups is 1. The van der Waals surface area contributed by atoms with Crippen LogP contribution in [0.4, 0.5) is 0 Å². The number of hydrogen-bond donors (Lipinski definition) is 2. The molecule has 0 fully saturated rings. The number of carbonyl (C=O) groups excluding carboxylic acids is 1. The molecule has 0 bridgehead atoms. The highest BCUT2D eigenvalue weighted by atomic mass is 16.2. The first-order valence-corrected chi connectivity index (χ1v) is 5.44. The summed E-state index contributed by atoms with van der Waals surface area (Å²) in [6.45, 7) is 3.34. The van der Waals surface area contributed by atoms with Crippen molar-refractivity contribution in [1.29, 1.82) is 0 Å². The predicted octanol–water partition coefficient (Wildman–Crippen LogP) is -0.338. The highest BCUT2D eigenvalue weighted by Crippen LogP contribution is 2.19. The summed E-state index contributed by atoms with van der Waals surface area (Å²) in [4.78, 5) is 11.8. The van der Waals surface area contributed by atoms with Crippen LogP contribution in [0.15, 0.2) is 0 Å². The lowest BCUT2D eigenvalue weighted by molar-refractivity contribution is 0.0949. The van der Waals surface area contributed by atoms with Crippen molar-refractivity contribution in [2.24, 2.45) is 0 Å². The van der Waals surface area contributed by atoms with Gasteiger partial charge >= 0.3 is 0 Å². The Bertz CT molecular complexity index is 410. The average Bonchev–Trinajstić information content (AvgIpc) is 2.53. The second kappa shape index (κ2) is 3.34. The van der Waals surface area contributed by atoms with Crippen LogP contribution >= 0.6 is 0 Å². The molecule has 0 saturated heterocycles. The molecule has 80 valence electrons. The van der Waals surface area contributed by atoms with Crippen molar-refractivity contribution in [2.45, 2.75) is 25.9 Å². The Morgan fingerprint density at radius 2 is 2.27 bits per heavy atom. The molecule has 2 aliphatic rings. The first kappa shape index (κ1) is 8.91. The molecule has 2 N–H and O–H groups in total. The molecule has 1 aromatic rings. The van der Waals surface area contributed by atoms with Crippen molar-refractivity contribution in [3.63, 3.8) is 0 Å². The van der Waals surface area contributed by atoms with E-state index in [4.69, 9.17) is 0 Å². The highest BCUT2D eigenvalue weighted by molar-refractivity contribution is 5.94. The zero-order valence-electron chi connectivity index (χ0n) is 8.55. The van der Waals surface area contributed by atoms with E-state index in [1.165, 1.54) is 0 Å². The SMILES string of the molecule is O=C1NCCCn2nc3c(c21)CNCC3. The third kappa shape index (κ3) is 1.34. The number of nitrogens with zero attached hydrogens (tertiary/aromatic N) is 2. The number of rotatable bonds is 0. The highest BCUT2D eigenvalue weighted by Gasteiger charge is 2.26. The van der Waals surface area contributed by atoms with Crippen molar-refractivity contribution >= 4 is 5.91 Å². The number of hydrogen-bond acceptors (Lipinski definition) is 3. The summed E-state index contributed by atoms with van der Waals surface area (Å²) in [5, 5.41) is 10.7. The van der Waals surface area contributed by atoms with E-state index in [1.807, 2.05) is 4.68 Å². The molecule has 0 aromatic carbocycles. The van der Waals surface area contributed by atoms with Crippen LogP contribution in [0, 0.1) is 0 Å². The zero-order chi connectivity index (χ0) is 10.3. The Morgan fingerprint density at radius 3 is 3.20 bits per heavy atom. The molecule has 0 saturated carbocycles. The minimum atomic E-state index is 0.0324. The number of aromatic nitrogens is 2. The van der Waals surface area contributed by atoms with Gasteiger partial charge in [0.05, 0.1) is 5.69 Å². The topological polar surface area (TPSA) is 59.0 Å². The summed E-state index contributed by atoms with van der Waals surface area (Å²) in [7, 11) is 0. The van der Waals surface area contributed by atoms with E-state index in [-0.39, 0.29) is 5.91 Å².